The molecule has 0 atom stereocenters. The van der Waals surface area contributed by atoms with Gasteiger partial charge in [0.05, 0.1) is 5.33 Å². The van der Waals surface area contributed by atoms with E-state index < -0.39 is 12.4 Å². The van der Waals surface area contributed by atoms with Crippen LogP contribution >= 0.6 is 15.9 Å². The van der Waals surface area contributed by atoms with E-state index in [1.807, 2.05) is 0 Å². The fraction of sp³-hybridized carbons (Fsp3) is 0.176. The van der Waals surface area contributed by atoms with Crippen molar-refractivity contribution in [3.05, 3.63) is 71.3 Å². The second-order valence-corrected chi connectivity index (χ2v) is 4.88. The minimum Gasteiger partial charge on any atom is -0.724 e. The molecule has 2 aromatic rings. The second kappa shape index (κ2) is 16.2. The number of carbonyl (C=O) groups is 2. The van der Waals surface area contributed by atoms with Crippen molar-refractivity contribution in [1.82, 2.24) is 0 Å². The van der Waals surface area contributed by atoms with Crippen LogP contribution in [0.5, 0.6) is 0 Å². The molecule has 2 rings (SSSR count). The molecule has 26 heavy (non-hydrogen) atoms. The van der Waals surface area contributed by atoms with Crippen LogP contribution in [0, 0.1) is 11.6 Å². The Hall–Kier alpha value is -1.000. The Bertz CT molecular complexity index is 594. The predicted octanol–water partition coefficient (Wildman–Crippen LogP) is -0.684. The van der Waals surface area contributed by atoms with Crippen LogP contribution < -0.4 is 34.8 Å². The molecule has 1 N–H and O–H groups in total. The molecule has 136 valence electrons. The number of halogens is 3. The van der Waals surface area contributed by atoms with Crippen LogP contribution in [-0.2, 0) is 4.89 Å². The van der Waals surface area contributed by atoms with Gasteiger partial charge in [0.1, 0.15) is 18.2 Å². The molecule has 2 aromatic carbocycles. The summed E-state index contributed by atoms with van der Waals surface area (Å²) in [6.45, 7) is -0.536. The molecular weight excluding hydrogens is 425 g/mol. The van der Waals surface area contributed by atoms with Crippen molar-refractivity contribution in [2.75, 3.05) is 19.0 Å². The molecule has 0 amide bonds. The number of aliphatic hydroxyl groups excluding tert-OH is 1. The number of hydrogen-bond donors (Lipinski definition) is 1. The molecule has 0 aromatic heterocycles. The molecule has 0 bridgehead atoms. The predicted molar refractivity (Wildman–Crippen MR) is 89.3 cm³/mol. The quantitative estimate of drug-likeness (QED) is 0.224. The van der Waals surface area contributed by atoms with Gasteiger partial charge in [-0.2, -0.15) is 0 Å². The largest absolute Gasteiger partial charge is 1.00 e. The summed E-state index contributed by atoms with van der Waals surface area (Å²) in [6.07, 6.45) is 0. The third-order valence-corrected chi connectivity index (χ3v) is 3.11. The van der Waals surface area contributed by atoms with Crippen molar-refractivity contribution >= 4 is 27.5 Å². The van der Waals surface area contributed by atoms with E-state index in [1.165, 1.54) is 48.5 Å². The van der Waals surface area contributed by atoms with Gasteiger partial charge < -0.3 is 15.3 Å². The zero-order valence-electron chi connectivity index (χ0n) is 14.2. The Kier molecular flexibility index (Phi) is 17.0. The van der Waals surface area contributed by atoms with Crippen LogP contribution in [0.4, 0.5) is 8.78 Å². The van der Waals surface area contributed by atoms with Crippen molar-refractivity contribution in [3.8, 4) is 0 Å². The van der Waals surface area contributed by atoms with Crippen LogP contribution in [0.1, 0.15) is 20.7 Å². The van der Waals surface area contributed by atoms with Crippen LogP contribution in [0.3, 0.4) is 0 Å². The first-order valence-electron chi connectivity index (χ1n) is 6.79. The Morgan fingerprint density at radius 1 is 0.962 bits per heavy atom. The van der Waals surface area contributed by atoms with Crippen molar-refractivity contribution in [3.63, 3.8) is 0 Å². The first kappa shape index (κ1) is 27.2. The van der Waals surface area contributed by atoms with Gasteiger partial charge in [0.15, 0.2) is 11.6 Å². The average molecular weight is 441 g/mol. The molecule has 0 aliphatic carbocycles. The molecule has 0 saturated carbocycles. The van der Waals surface area contributed by atoms with Crippen LogP contribution in [0.2, 0.25) is 0 Å². The minimum absolute atomic E-state index is 0. The maximum atomic E-state index is 12.3. The summed E-state index contributed by atoms with van der Waals surface area (Å²) < 4.78 is 24.6. The zero-order chi connectivity index (χ0) is 19.2. The van der Waals surface area contributed by atoms with Crippen LogP contribution in [0.25, 0.3) is 0 Å². The third-order valence-electron chi connectivity index (χ3n) is 2.60. The van der Waals surface area contributed by atoms with E-state index in [1.54, 1.807) is 0 Å². The summed E-state index contributed by atoms with van der Waals surface area (Å²) >= 11 is 3.03. The first-order valence-corrected chi connectivity index (χ1v) is 7.92. The summed E-state index contributed by atoms with van der Waals surface area (Å²) in [5.74, 6) is -1.15. The minimum atomic E-state index is -0.536. The summed E-state index contributed by atoms with van der Waals surface area (Å²) in [5, 5.41) is 17.1. The molecule has 0 aliphatic heterocycles. The molecule has 0 saturated heterocycles. The van der Waals surface area contributed by atoms with Crippen LogP contribution in [0.15, 0.2) is 48.5 Å². The Balaban J connectivity index is 0. The van der Waals surface area contributed by atoms with Gasteiger partial charge in [-0.3, -0.25) is 9.59 Å². The summed E-state index contributed by atoms with van der Waals surface area (Å²) in [4.78, 5) is 24.7. The number of benzene rings is 2. The van der Waals surface area contributed by atoms with E-state index in [9.17, 15) is 18.4 Å². The van der Waals surface area contributed by atoms with E-state index in [0.29, 0.717) is 11.1 Å². The summed E-state index contributed by atoms with van der Waals surface area (Å²) in [6, 6.07) is 10.5. The number of alkyl halides is 1. The summed E-state index contributed by atoms with van der Waals surface area (Å²) in [7, 11) is 1.07. The van der Waals surface area contributed by atoms with E-state index in [2.05, 4.69) is 20.8 Å². The van der Waals surface area contributed by atoms with Gasteiger partial charge in [0, 0.05) is 18.2 Å². The molecule has 5 nitrogen and oxygen atoms in total. The van der Waals surface area contributed by atoms with Crippen LogP contribution in [-0.4, -0.2) is 35.7 Å². The maximum absolute atomic E-state index is 12.3. The van der Waals surface area contributed by atoms with Gasteiger partial charge in [-0.05, 0) is 48.5 Å². The van der Waals surface area contributed by atoms with Gasteiger partial charge in [-0.15, -0.1) is 0 Å². The molecule has 0 aliphatic rings. The molecule has 0 fully saturated rings. The van der Waals surface area contributed by atoms with Gasteiger partial charge in [-0.1, -0.05) is 15.9 Å². The Labute approximate surface area is 180 Å². The standard InChI is InChI=1S/C8H6BrFO.C8H7FO2.CH4O2.Na/c9-5-8(11)6-1-3-7(10)4-2-6;9-7-3-1-6(2-4-7)8(11)5-10;1-3-2;/h1-4H,5H2;1-4,10H,5H2;2H,1H3;/q;;;+1/p-1. The number of carbonyl (C=O) groups excluding carboxylic acids is 2. The van der Waals surface area contributed by atoms with Gasteiger partial charge >= 0.3 is 29.6 Å². The fourth-order valence-corrected chi connectivity index (χ4v) is 1.76. The van der Waals surface area contributed by atoms with Crippen molar-refractivity contribution in [2.24, 2.45) is 0 Å². The van der Waals surface area contributed by atoms with Crippen molar-refractivity contribution < 1.29 is 63.2 Å². The number of rotatable bonds is 4. The Morgan fingerprint density at radius 2 is 1.27 bits per heavy atom. The van der Waals surface area contributed by atoms with Gasteiger partial charge in [-0.25, -0.2) is 8.78 Å². The Morgan fingerprint density at radius 3 is 1.54 bits per heavy atom. The number of hydrogen-bond acceptors (Lipinski definition) is 5. The monoisotopic (exact) mass is 440 g/mol. The third kappa shape index (κ3) is 11.6. The number of ketones is 2. The summed E-state index contributed by atoms with van der Waals surface area (Å²) in [5.41, 5.74) is 0.858. The smallest absolute Gasteiger partial charge is 0.724 e. The van der Waals surface area contributed by atoms with E-state index >= 15 is 0 Å². The van der Waals surface area contributed by atoms with E-state index in [4.69, 9.17) is 10.4 Å². The molecular formula is C17H16BrF2NaO5. The molecule has 0 unspecified atom stereocenters. The number of Topliss-reactive ketones (excluding diaryl/α,β-unsaturated/α-hetero) is 2. The molecule has 9 heteroatoms. The average Bonchev–Trinajstić information content (AvgIpc) is 2.63. The zero-order valence-corrected chi connectivity index (χ0v) is 17.8. The van der Waals surface area contributed by atoms with Gasteiger partial charge in [0.25, 0.3) is 0 Å². The van der Waals surface area contributed by atoms with E-state index in [-0.39, 0.29) is 52.3 Å². The molecule has 0 heterocycles. The maximum Gasteiger partial charge on any atom is 1.00 e. The van der Waals surface area contributed by atoms with Crippen molar-refractivity contribution in [1.29, 1.82) is 0 Å². The first-order chi connectivity index (χ1) is 11.9. The molecule has 0 spiro atoms. The number of aliphatic hydroxyl groups is 1. The van der Waals surface area contributed by atoms with E-state index in [0.717, 1.165) is 7.11 Å². The molecule has 0 radical (unpaired) electrons. The second-order valence-electron chi connectivity index (χ2n) is 4.32. The SMILES string of the molecule is CO[O-].O=C(CBr)c1ccc(F)cc1.O=C(CO)c1ccc(F)cc1.[Na+]. The van der Waals surface area contributed by atoms with Gasteiger partial charge in [0.2, 0.25) is 0 Å². The fourth-order valence-electron chi connectivity index (χ4n) is 1.44. The normalized spacial score (nSPS) is 8.85. The van der Waals surface area contributed by atoms with Crippen molar-refractivity contribution in [2.45, 2.75) is 0 Å². The topological polar surface area (TPSA) is 86.7 Å².